The van der Waals surface area contributed by atoms with E-state index >= 15 is 0 Å². The smallest absolute Gasteiger partial charge is 0.231 e. The molecule has 5 aliphatic rings. The van der Waals surface area contributed by atoms with Crippen molar-refractivity contribution in [2.45, 2.75) is 77.4 Å². The molecule has 0 aromatic heterocycles. The predicted molar refractivity (Wildman–Crippen MR) is 126 cm³/mol. The van der Waals surface area contributed by atoms with Crippen LogP contribution in [0.1, 0.15) is 70.8 Å². The van der Waals surface area contributed by atoms with Crippen LogP contribution in [0.5, 0.6) is 17.2 Å². The minimum Gasteiger partial charge on any atom is -0.493 e. The zero-order valence-corrected chi connectivity index (χ0v) is 20.2. The standard InChI is InChI=1S/C28H38O5/c1-27-8-6-19(29)14-18(27)4-5-20-21(27)7-9-28(2)22(20)13-17(26(28)30)10-16-11-23(31-3)25-24(12-16)32-15-33-25/h10-12,18-22,26,29-30H,4-9,13-15H2,1-3H3/b17-10+/t18-,19+,20-,21+,22+,26+,27+,28+/m1/s1. The Morgan fingerprint density at radius 3 is 2.64 bits per heavy atom. The van der Waals surface area contributed by atoms with E-state index < -0.39 is 6.10 Å². The fourth-order valence-corrected chi connectivity index (χ4v) is 8.68. The molecule has 180 valence electrons. The van der Waals surface area contributed by atoms with Crippen molar-refractivity contribution < 1.29 is 24.4 Å². The molecule has 0 bridgehead atoms. The number of benzene rings is 1. The Morgan fingerprint density at radius 1 is 1.00 bits per heavy atom. The van der Waals surface area contributed by atoms with Gasteiger partial charge in [0.15, 0.2) is 11.5 Å². The Hall–Kier alpha value is -1.72. The van der Waals surface area contributed by atoms with Crippen molar-refractivity contribution in [1.29, 1.82) is 0 Å². The molecular weight excluding hydrogens is 416 g/mol. The van der Waals surface area contributed by atoms with E-state index in [-0.39, 0.29) is 18.3 Å². The Balaban J connectivity index is 1.30. The van der Waals surface area contributed by atoms with Crippen LogP contribution in [-0.4, -0.2) is 36.3 Å². The summed E-state index contributed by atoms with van der Waals surface area (Å²) in [7, 11) is 1.65. The lowest BCUT2D eigenvalue weighted by molar-refractivity contribution is -0.133. The summed E-state index contributed by atoms with van der Waals surface area (Å²) in [5.74, 6) is 4.64. The lowest BCUT2D eigenvalue weighted by Gasteiger charge is -2.60. The van der Waals surface area contributed by atoms with E-state index in [0.717, 1.165) is 49.2 Å². The van der Waals surface area contributed by atoms with Crippen molar-refractivity contribution in [3.8, 4) is 17.2 Å². The van der Waals surface area contributed by atoms with Crippen molar-refractivity contribution >= 4 is 6.08 Å². The summed E-state index contributed by atoms with van der Waals surface area (Å²) in [6.45, 7) is 5.07. The molecule has 1 aromatic carbocycles. The SMILES string of the molecule is COc1cc(/C=C2\C[C@H]3[C@@H]4CC[C@@H]5C[C@@H](O)CC[C@]5(C)[C@H]4CC[C@]3(C)[C@H]2O)cc2c1OCO2. The highest BCUT2D eigenvalue weighted by Gasteiger charge is 2.61. The topological polar surface area (TPSA) is 68.2 Å². The van der Waals surface area contributed by atoms with Crippen LogP contribution < -0.4 is 14.2 Å². The van der Waals surface area contributed by atoms with Gasteiger partial charge in [-0.1, -0.05) is 19.9 Å². The first-order chi connectivity index (χ1) is 15.8. The van der Waals surface area contributed by atoms with Gasteiger partial charge in [0.1, 0.15) is 0 Å². The van der Waals surface area contributed by atoms with Crippen LogP contribution in [0.15, 0.2) is 17.7 Å². The molecule has 1 heterocycles. The van der Waals surface area contributed by atoms with Gasteiger partial charge in [0.05, 0.1) is 19.3 Å². The summed E-state index contributed by atoms with van der Waals surface area (Å²) in [6, 6.07) is 3.98. The van der Waals surface area contributed by atoms with Crippen LogP contribution in [0.4, 0.5) is 0 Å². The molecule has 8 atom stereocenters. The summed E-state index contributed by atoms with van der Waals surface area (Å²) < 4.78 is 16.7. The lowest BCUT2D eigenvalue weighted by atomic mass is 9.45. The van der Waals surface area contributed by atoms with E-state index in [9.17, 15) is 10.2 Å². The fraction of sp³-hybridized carbons (Fsp3) is 0.714. The maximum atomic E-state index is 11.6. The molecule has 5 nitrogen and oxygen atoms in total. The van der Waals surface area contributed by atoms with Gasteiger partial charge in [-0.15, -0.1) is 0 Å². The molecule has 5 heteroatoms. The van der Waals surface area contributed by atoms with E-state index in [0.29, 0.717) is 40.4 Å². The zero-order chi connectivity index (χ0) is 23.0. The first kappa shape index (κ1) is 21.8. The highest BCUT2D eigenvalue weighted by atomic mass is 16.7. The van der Waals surface area contributed by atoms with Crippen LogP contribution in [0.2, 0.25) is 0 Å². The quantitative estimate of drug-likeness (QED) is 0.644. The van der Waals surface area contributed by atoms with Crippen LogP contribution >= 0.6 is 0 Å². The Morgan fingerprint density at radius 2 is 1.82 bits per heavy atom. The van der Waals surface area contributed by atoms with Gasteiger partial charge in [0.25, 0.3) is 0 Å². The molecule has 0 radical (unpaired) electrons. The normalized spacial score (nSPS) is 44.8. The molecule has 4 saturated carbocycles. The average Bonchev–Trinajstić information content (AvgIpc) is 3.37. The molecule has 0 amide bonds. The second-order valence-electron chi connectivity index (χ2n) is 11.9. The summed E-state index contributed by atoms with van der Waals surface area (Å²) in [6.07, 6.45) is 10.5. The van der Waals surface area contributed by atoms with Gasteiger partial charge in [-0.25, -0.2) is 0 Å². The van der Waals surface area contributed by atoms with Crippen molar-refractivity contribution in [3.05, 3.63) is 23.3 Å². The van der Waals surface area contributed by atoms with Gasteiger partial charge >= 0.3 is 0 Å². The maximum absolute atomic E-state index is 11.6. The van der Waals surface area contributed by atoms with Gasteiger partial charge in [-0.05, 0) is 104 Å². The third kappa shape index (κ3) is 3.18. The van der Waals surface area contributed by atoms with Crippen molar-refractivity contribution in [2.75, 3.05) is 13.9 Å². The van der Waals surface area contributed by atoms with Gasteiger partial charge in [-0.3, -0.25) is 0 Å². The third-order valence-electron chi connectivity index (χ3n) is 10.5. The van der Waals surface area contributed by atoms with Crippen LogP contribution in [-0.2, 0) is 0 Å². The number of ether oxygens (including phenoxy) is 3. The van der Waals surface area contributed by atoms with E-state index in [1.165, 1.54) is 19.3 Å². The molecule has 4 fully saturated rings. The third-order valence-corrected chi connectivity index (χ3v) is 10.5. The number of fused-ring (bicyclic) bond motifs is 6. The van der Waals surface area contributed by atoms with E-state index in [4.69, 9.17) is 14.2 Å². The number of methoxy groups -OCH3 is 1. The molecule has 4 aliphatic carbocycles. The zero-order valence-electron chi connectivity index (χ0n) is 20.2. The molecule has 0 spiro atoms. The Bertz CT molecular complexity index is 971. The monoisotopic (exact) mass is 454 g/mol. The maximum Gasteiger partial charge on any atom is 0.231 e. The largest absolute Gasteiger partial charge is 0.493 e. The Labute approximate surface area is 197 Å². The van der Waals surface area contributed by atoms with E-state index in [1.54, 1.807) is 7.11 Å². The average molecular weight is 455 g/mol. The number of hydrogen-bond donors (Lipinski definition) is 2. The number of rotatable bonds is 2. The van der Waals surface area contributed by atoms with Crippen LogP contribution in [0, 0.1) is 34.5 Å². The number of hydrogen-bond acceptors (Lipinski definition) is 5. The van der Waals surface area contributed by atoms with Crippen LogP contribution in [0.3, 0.4) is 0 Å². The molecule has 0 unspecified atom stereocenters. The van der Waals surface area contributed by atoms with Crippen molar-refractivity contribution in [1.82, 2.24) is 0 Å². The van der Waals surface area contributed by atoms with Crippen molar-refractivity contribution in [2.24, 2.45) is 34.5 Å². The molecular formula is C28H38O5. The van der Waals surface area contributed by atoms with Gasteiger partial charge in [0, 0.05) is 5.41 Å². The Kier molecular flexibility index (Phi) is 5.05. The van der Waals surface area contributed by atoms with E-state index in [1.807, 2.05) is 12.1 Å². The molecule has 1 aromatic rings. The summed E-state index contributed by atoms with van der Waals surface area (Å²) >= 11 is 0. The van der Waals surface area contributed by atoms with Gasteiger partial charge in [0.2, 0.25) is 12.5 Å². The fourth-order valence-electron chi connectivity index (χ4n) is 8.68. The second kappa shape index (κ2) is 7.64. The summed E-state index contributed by atoms with van der Waals surface area (Å²) in [5, 5.41) is 21.8. The lowest BCUT2D eigenvalue weighted by Crippen LogP contribution is -2.54. The highest BCUT2D eigenvalue weighted by Crippen LogP contribution is 2.67. The number of aliphatic hydroxyl groups excluding tert-OH is 2. The van der Waals surface area contributed by atoms with Gasteiger partial charge in [-0.2, -0.15) is 0 Å². The molecule has 0 saturated heterocycles. The summed E-state index contributed by atoms with van der Waals surface area (Å²) in [5.41, 5.74) is 2.45. The van der Waals surface area contributed by atoms with Crippen molar-refractivity contribution in [3.63, 3.8) is 0 Å². The number of aliphatic hydroxyl groups is 2. The minimum absolute atomic E-state index is 0.0508. The van der Waals surface area contributed by atoms with Gasteiger partial charge < -0.3 is 24.4 Å². The minimum atomic E-state index is -0.404. The second-order valence-corrected chi connectivity index (χ2v) is 11.9. The van der Waals surface area contributed by atoms with E-state index in [2.05, 4.69) is 19.9 Å². The first-order valence-electron chi connectivity index (χ1n) is 12.9. The predicted octanol–water partition coefficient (Wildman–Crippen LogP) is 5.18. The molecule has 1 aliphatic heterocycles. The molecule has 2 N–H and O–H groups in total. The summed E-state index contributed by atoms with van der Waals surface area (Å²) in [4.78, 5) is 0. The molecule has 6 rings (SSSR count). The first-order valence-corrected chi connectivity index (χ1v) is 12.9. The van der Waals surface area contributed by atoms with Crippen LogP contribution in [0.25, 0.3) is 6.08 Å². The highest BCUT2D eigenvalue weighted by molar-refractivity contribution is 5.65. The molecule has 33 heavy (non-hydrogen) atoms.